The first-order valence-electron chi connectivity index (χ1n) is 11.3. The molecule has 0 aliphatic heterocycles. The molecule has 0 unspecified atom stereocenters. The maximum absolute atomic E-state index is 14.8. The Balaban J connectivity index is 1.68. The summed E-state index contributed by atoms with van der Waals surface area (Å²) in [5, 5.41) is 0. The quantitative estimate of drug-likeness (QED) is 0.295. The molecule has 0 aliphatic rings. The second kappa shape index (κ2) is 11.1. The molecule has 158 valence electrons. The van der Waals surface area contributed by atoms with E-state index in [0.717, 1.165) is 30.4 Å². The van der Waals surface area contributed by atoms with Crippen molar-refractivity contribution in [3.05, 3.63) is 83.4 Å². The van der Waals surface area contributed by atoms with Gasteiger partial charge in [-0.2, -0.15) is 0 Å². The maximum atomic E-state index is 14.8. The van der Waals surface area contributed by atoms with Gasteiger partial charge in [-0.3, -0.25) is 0 Å². The molecular weight excluding hydrogens is 374 g/mol. The highest BCUT2D eigenvalue weighted by molar-refractivity contribution is 5.71. The molecule has 0 saturated heterocycles. The summed E-state index contributed by atoms with van der Waals surface area (Å²) in [6.07, 6.45) is 8.46. The number of benzene rings is 3. The summed E-state index contributed by atoms with van der Waals surface area (Å²) >= 11 is 0. The summed E-state index contributed by atoms with van der Waals surface area (Å²) in [7, 11) is 0. The van der Waals surface area contributed by atoms with Gasteiger partial charge in [0, 0.05) is 5.56 Å². The van der Waals surface area contributed by atoms with Crippen molar-refractivity contribution in [1.29, 1.82) is 0 Å². The summed E-state index contributed by atoms with van der Waals surface area (Å²) in [5.74, 6) is -1.43. The summed E-state index contributed by atoms with van der Waals surface area (Å²) in [6, 6.07) is 19.6. The monoisotopic (exact) mass is 406 g/mol. The van der Waals surface area contributed by atoms with Gasteiger partial charge in [0.05, 0.1) is 0 Å². The number of hydrogen-bond acceptors (Lipinski definition) is 0. The van der Waals surface area contributed by atoms with Crippen molar-refractivity contribution in [2.24, 2.45) is 0 Å². The number of halogens is 2. The molecule has 0 N–H and O–H groups in total. The van der Waals surface area contributed by atoms with Crippen LogP contribution in [0.15, 0.2) is 60.7 Å². The highest BCUT2D eigenvalue weighted by Gasteiger charge is 2.14. The third kappa shape index (κ3) is 5.56. The van der Waals surface area contributed by atoms with Crippen LogP contribution in [0.1, 0.15) is 63.5 Å². The van der Waals surface area contributed by atoms with Crippen LogP contribution in [0.5, 0.6) is 0 Å². The average Bonchev–Trinajstić information content (AvgIpc) is 2.79. The average molecular weight is 407 g/mol. The lowest BCUT2D eigenvalue weighted by molar-refractivity contribution is 0.497. The molecule has 30 heavy (non-hydrogen) atoms. The molecule has 3 aromatic carbocycles. The minimum atomic E-state index is -0.737. The standard InChI is InChI=1S/C28H32F2/c1-3-5-6-7-8-9-10-25-19-20-26(28(30)27(25)29)24-17-15-23(16-18-24)22-13-11-21(4-2)12-14-22/h11-20H,3-10H2,1-2H3. The fourth-order valence-corrected chi connectivity index (χ4v) is 3.88. The fraction of sp³-hybridized carbons (Fsp3) is 0.357. The van der Waals surface area contributed by atoms with Gasteiger partial charge in [-0.25, -0.2) is 8.78 Å². The first-order valence-corrected chi connectivity index (χ1v) is 11.3. The normalized spacial score (nSPS) is 11.1. The van der Waals surface area contributed by atoms with E-state index in [0.29, 0.717) is 23.1 Å². The van der Waals surface area contributed by atoms with E-state index < -0.39 is 11.6 Å². The van der Waals surface area contributed by atoms with Crippen LogP contribution in [-0.2, 0) is 12.8 Å². The number of rotatable bonds is 10. The van der Waals surface area contributed by atoms with E-state index in [-0.39, 0.29) is 0 Å². The Kier molecular flexibility index (Phi) is 8.19. The van der Waals surface area contributed by atoms with Crippen LogP contribution in [0.3, 0.4) is 0 Å². The molecule has 3 aromatic rings. The van der Waals surface area contributed by atoms with E-state index >= 15 is 0 Å². The number of hydrogen-bond donors (Lipinski definition) is 0. The molecule has 0 nitrogen and oxygen atoms in total. The van der Waals surface area contributed by atoms with Crippen LogP contribution in [-0.4, -0.2) is 0 Å². The molecule has 0 amide bonds. The molecule has 0 heterocycles. The maximum Gasteiger partial charge on any atom is 0.166 e. The highest BCUT2D eigenvalue weighted by atomic mass is 19.2. The lowest BCUT2D eigenvalue weighted by atomic mass is 9.97. The van der Waals surface area contributed by atoms with Crippen LogP contribution in [0.25, 0.3) is 22.3 Å². The van der Waals surface area contributed by atoms with E-state index in [2.05, 4.69) is 38.1 Å². The van der Waals surface area contributed by atoms with Crippen molar-refractivity contribution in [3.63, 3.8) is 0 Å². The van der Waals surface area contributed by atoms with Gasteiger partial charge in [0.1, 0.15) is 0 Å². The van der Waals surface area contributed by atoms with Gasteiger partial charge in [0.2, 0.25) is 0 Å². The Morgan fingerprint density at radius 1 is 0.567 bits per heavy atom. The third-order valence-electron chi connectivity index (χ3n) is 5.85. The Morgan fingerprint density at radius 2 is 1.13 bits per heavy atom. The summed E-state index contributed by atoms with van der Waals surface area (Å²) in [5.41, 5.74) is 5.01. The van der Waals surface area contributed by atoms with Crippen LogP contribution < -0.4 is 0 Å². The zero-order chi connectivity index (χ0) is 21.3. The Morgan fingerprint density at radius 3 is 1.77 bits per heavy atom. The van der Waals surface area contributed by atoms with Gasteiger partial charge in [-0.15, -0.1) is 0 Å². The molecule has 3 rings (SSSR count). The van der Waals surface area contributed by atoms with Gasteiger partial charge in [0.15, 0.2) is 11.6 Å². The first kappa shape index (κ1) is 22.2. The van der Waals surface area contributed by atoms with Gasteiger partial charge >= 0.3 is 0 Å². The van der Waals surface area contributed by atoms with Crippen LogP contribution in [0, 0.1) is 11.6 Å². The van der Waals surface area contributed by atoms with Crippen molar-refractivity contribution in [3.8, 4) is 22.3 Å². The van der Waals surface area contributed by atoms with Gasteiger partial charge in [0.25, 0.3) is 0 Å². The lowest BCUT2D eigenvalue weighted by Crippen LogP contribution is -1.98. The van der Waals surface area contributed by atoms with Crippen LogP contribution in [0.2, 0.25) is 0 Å². The third-order valence-corrected chi connectivity index (χ3v) is 5.85. The Bertz CT molecular complexity index is 924. The van der Waals surface area contributed by atoms with Crippen molar-refractivity contribution < 1.29 is 8.78 Å². The highest BCUT2D eigenvalue weighted by Crippen LogP contribution is 2.29. The Labute approximate surface area is 180 Å². The second-order valence-corrected chi connectivity index (χ2v) is 8.05. The molecular formula is C28H32F2. The first-order chi connectivity index (χ1) is 14.6. The minimum Gasteiger partial charge on any atom is -0.203 e. The molecule has 0 bridgehead atoms. The zero-order valence-electron chi connectivity index (χ0n) is 18.2. The number of unbranched alkanes of at least 4 members (excludes halogenated alkanes) is 5. The topological polar surface area (TPSA) is 0 Å². The summed E-state index contributed by atoms with van der Waals surface area (Å²) in [6.45, 7) is 4.33. The van der Waals surface area contributed by atoms with Gasteiger partial charge in [-0.1, -0.05) is 107 Å². The molecule has 2 heteroatoms. The summed E-state index contributed by atoms with van der Waals surface area (Å²) < 4.78 is 29.4. The SMILES string of the molecule is CCCCCCCCc1ccc(-c2ccc(-c3ccc(CC)cc3)cc2)c(F)c1F. The lowest BCUT2D eigenvalue weighted by Gasteiger charge is -2.10. The predicted octanol–water partition coefficient (Wildman–Crippen LogP) is 8.76. The van der Waals surface area contributed by atoms with E-state index in [1.807, 2.05) is 24.3 Å². The van der Waals surface area contributed by atoms with Crippen LogP contribution in [0.4, 0.5) is 8.78 Å². The smallest absolute Gasteiger partial charge is 0.166 e. The fourth-order valence-electron chi connectivity index (χ4n) is 3.88. The van der Waals surface area contributed by atoms with Crippen molar-refractivity contribution >= 4 is 0 Å². The molecule has 0 spiro atoms. The minimum absolute atomic E-state index is 0.326. The van der Waals surface area contributed by atoms with E-state index in [9.17, 15) is 8.78 Å². The van der Waals surface area contributed by atoms with Crippen molar-refractivity contribution in [2.45, 2.75) is 65.2 Å². The van der Waals surface area contributed by atoms with E-state index in [1.54, 1.807) is 12.1 Å². The van der Waals surface area contributed by atoms with Crippen LogP contribution >= 0.6 is 0 Å². The molecule has 0 radical (unpaired) electrons. The summed E-state index contributed by atoms with van der Waals surface area (Å²) in [4.78, 5) is 0. The van der Waals surface area contributed by atoms with E-state index in [4.69, 9.17) is 0 Å². The molecule has 0 saturated carbocycles. The molecule has 0 fully saturated rings. The van der Waals surface area contributed by atoms with E-state index in [1.165, 1.54) is 31.2 Å². The van der Waals surface area contributed by atoms with Crippen molar-refractivity contribution in [2.75, 3.05) is 0 Å². The van der Waals surface area contributed by atoms with Gasteiger partial charge in [-0.05, 0) is 47.1 Å². The zero-order valence-corrected chi connectivity index (χ0v) is 18.2. The van der Waals surface area contributed by atoms with Gasteiger partial charge < -0.3 is 0 Å². The van der Waals surface area contributed by atoms with Crippen molar-refractivity contribution in [1.82, 2.24) is 0 Å². The molecule has 0 atom stereocenters. The Hall–Kier alpha value is -2.48. The molecule has 0 aliphatic carbocycles. The largest absolute Gasteiger partial charge is 0.203 e. The predicted molar refractivity (Wildman–Crippen MR) is 124 cm³/mol. The number of aryl methyl sites for hydroxylation is 2. The second-order valence-electron chi connectivity index (χ2n) is 8.05. The molecule has 0 aromatic heterocycles.